The SMILES string of the molecule is Cc1ccc(C(=O)c2cc3sccc3s2)cn1. The second-order valence-corrected chi connectivity index (χ2v) is 5.81. The van der Waals surface area contributed by atoms with Gasteiger partial charge in [0.1, 0.15) is 0 Å². The van der Waals surface area contributed by atoms with Gasteiger partial charge < -0.3 is 0 Å². The number of pyridine rings is 1. The third-order valence-electron chi connectivity index (χ3n) is 2.54. The number of rotatable bonds is 2. The lowest BCUT2D eigenvalue weighted by atomic mass is 10.1. The fourth-order valence-corrected chi connectivity index (χ4v) is 3.69. The third kappa shape index (κ3) is 1.90. The molecule has 0 atom stereocenters. The Balaban J connectivity index is 2.01. The molecule has 0 bridgehead atoms. The molecule has 0 aliphatic heterocycles. The Morgan fingerprint density at radius 2 is 2.12 bits per heavy atom. The Morgan fingerprint density at radius 3 is 2.82 bits per heavy atom. The molecule has 3 aromatic rings. The van der Waals surface area contributed by atoms with Gasteiger partial charge in [-0.1, -0.05) is 0 Å². The van der Waals surface area contributed by atoms with Crippen molar-refractivity contribution in [2.75, 3.05) is 0 Å². The predicted molar refractivity (Wildman–Crippen MR) is 72.1 cm³/mol. The van der Waals surface area contributed by atoms with Gasteiger partial charge in [-0.25, -0.2) is 0 Å². The smallest absolute Gasteiger partial charge is 0.204 e. The number of carbonyl (C=O) groups is 1. The molecule has 0 aliphatic carbocycles. The number of hydrogen-bond donors (Lipinski definition) is 0. The first kappa shape index (κ1) is 10.6. The van der Waals surface area contributed by atoms with Gasteiger partial charge >= 0.3 is 0 Å². The molecule has 0 radical (unpaired) electrons. The van der Waals surface area contributed by atoms with Gasteiger partial charge in [-0.2, -0.15) is 0 Å². The number of thiophene rings is 2. The molecule has 84 valence electrons. The average Bonchev–Trinajstić information content (AvgIpc) is 2.89. The molecule has 3 aromatic heterocycles. The highest BCUT2D eigenvalue weighted by Crippen LogP contribution is 2.31. The molecule has 0 saturated heterocycles. The molecular weight excluding hydrogens is 250 g/mol. The molecule has 4 heteroatoms. The Bertz CT molecular complexity index is 650. The molecule has 0 aromatic carbocycles. The molecule has 0 aliphatic rings. The van der Waals surface area contributed by atoms with Gasteiger partial charge in [0.15, 0.2) is 0 Å². The molecule has 3 heterocycles. The fraction of sp³-hybridized carbons (Fsp3) is 0.0769. The van der Waals surface area contributed by atoms with E-state index in [0.717, 1.165) is 10.6 Å². The van der Waals surface area contributed by atoms with Crippen molar-refractivity contribution < 1.29 is 4.79 Å². The van der Waals surface area contributed by atoms with E-state index < -0.39 is 0 Å². The van der Waals surface area contributed by atoms with Crippen LogP contribution in [0, 0.1) is 6.92 Å². The maximum atomic E-state index is 12.2. The van der Waals surface area contributed by atoms with E-state index in [0.29, 0.717) is 5.56 Å². The van der Waals surface area contributed by atoms with Gasteiger partial charge in [-0.15, -0.1) is 22.7 Å². The van der Waals surface area contributed by atoms with Crippen molar-refractivity contribution in [3.63, 3.8) is 0 Å². The number of nitrogens with zero attached hydrogens (tertiary/aromatic N) is 1. The molecule has 17 heavy (non-hydrogen) atoms. The van der Waals surface area contributed by atoms with Crippen LogP contribution >= 0.6 is 22.7 Å². The van der Waals surface area contributed by atoms with Crippen LogP contribution < -0.4 is 0 Å². The highest BCUT2D eigenvalue weighted by molar-refractivity contribution is 7.28. The van der Waals surface area contributed by atoms with Crippen molar-refractivity contribution in [1.82, 2.24) is 4.98 Å². The van der Waals surface area contributed by atoms with Crippen molar-refractivity contribution >= 4 is 37.9 Å². The highest BCUT2D eigenvalue weighted by atomic mass is 32.1. The second kappa shape index (κ2) is 4.05. The van der Waals surface area contributed by atoms with E-state index >= 15 is 0 Å². The zero-order valence-electron chi connectivity index (χ0n) is 9.14. The number of fused-ring (bicyclic) bond motifs is 1. The van der Waals surface area contributed by atoms with E-state index in [1.54, 1.807) is 28.9 Å². The minimum atomic E-state index is 0.0610. The maximum Gasteiger partial charge on any atom is 0.204 e. The summed E-state index contributed by atoms with van der Waals surface area (Å²) in [7, 11) is 0. The fourth-order valence-electron chi connectivity index (χ4n) is 1.62. The standard InChI is InChI=1S/C13H9NOS2/c1-8-2-3-9(7-14-8)13(15)12-6-11-10(17-12)4-5-16-11/h2-7H,1H3. The minimum absolute atomic E-state index is 0.0610. The lowest BCUT2D eigenvalue weighted by molar-refractivity contribution is 0.104. The zero-order valence-corrected chi connectivity index (χ0v) is 10.8. The lowest BCUT2D eigenvalue weighted by Gasteiger charge is -1.97. The normalized spacial score (nSPS) is 10.9. The number of hydrogen-bond acceptors (Lipinski definition) is 4. The molecule has 0 N–H and O–H groups in total. The van der Waals surface area contributed by atoms with Gasteiger partial charge in [-0.05, 0) is 36.6 Å². The lowest BCUT2D eigenvalue weighted by Crippen LogP contribution is -1.99. The first-order valence-electron chi connectivity index (χ1n) is 5.18. The van der Waals surface area contributed by atoms with Gasteiger partial charge in [0.25, 0.3) is 0 Å². The third-order valence-corrected chi connectivity index (χ3v) is 4.63. The van der Waals surface area contributed by atoms with Crippen molar-refractivity contribution in [3.8, 4) is 0 Å². The summed E-state index contributed by atoms with van der Waals surface area (Å²) in [6, 6.07) is 7.71. The highest BCUT2D eigenvalue weighted by Gasteiger charge is 2.13. The van der Waals surface area contributed by atoms with Gasteiger partial charge in [0.05, 0.1) is 4.88 Å². The van der Waals surface area contributed by atoms with Crippen molar-refractivity contribution in [1.29, 1.82) is 0 Å². The summed E-state index contributed by atoms with van der Waals surface area (Å²) in [4.78, 5) is 17.1. The van der Waals surface area contributed by atoms with Crippen LogP contribution in [0.2, 0.25) is 0 Å². The number of aryl methyl sites for hydroxylation is 1. The molecule has 0 unspecified atom stereocenters. The molecule has 3 rings (SSSR count). The first-order chi connectivity index (χ1) is 8.24. The number of aromatic nitrogens is 1. The van der Waals surface area contributed by atoms with E-state index in [-0.39, 0.29) is 5.78 Å². The van der Waals surface area contributed by atoms with Crippen molar-refractivity contribution in [3.05, 3.63) is 52.0 Å². The van der Waals surface area contributed by atoms with Crippen LogP contribution in [0.4, 0.5) is 0 Å². The van der Waals surface area contributed by atoms with E-state index in [4.69, 9.17) is 0 Å². The number of ketones is 1. The van der Waals surface area contributed by atoms with Gasteiger partial charge in [-0.3, -0.25) is 9.78 Å². The van der Waals surface area contributed by atoms with E-state index in [1.165, 1.54) is 9.40 Å². The summed E-state index contributed by atoms with van der Waals surface area (Å²) in [5.74, 6) is 0.0610. The van der Waals surface area contributed by atoms with Crippen LogP contribution in [-0.4, -0.2) is 10.8 Å². The molecule has 2 nitrogen and oxygen atoms in total. The quantitative estimate of drug-likeness (QED) is 0.653. The molecule has 0 saturated carbocycles. The summed E-state index contributed by atoms with van der Waals surface area (Å²) >= 11 is 3.21. The Morgan fingerprint density at radius 1 is 1.24 bits per heavy atom. The Kier molecular flexibility index (Phi) is 2.53. The van der Waals surface area contributed by atoms with Crippen LogP contribution in [0.1, 0.15) is 20.9 Å². The van der Waals surface area contributed by atoms with Crippen LogP contribution in [0.3, 0.4) is 0 Å². The second-order valence-electron chi connectivity index (χ2n) is 3.78. The monoisotopic (exact) mass is 259 g/mol. The Hall–Kier alpha value is -1.52. The molecular formula is C13H9NOS2. The summed E-state index contributed by atoms with van der Waals surface area (Å²) in [6.07, 6.45) is 1.64. The maximum absolute atomic E-state index is 12.2. The van der Waals surface area contributed by atoms with Crippen LogP contribution in [0.5, 0.6) is 0 Å². The Labute approximate surface area is 107 Å². The minimum Gasteiger partial charge on any atom is -0.288 e. The molecule has 0 fully saturated rings. The summed E-state index contributed by atoms with van der Waals surface area (Å²) < 4.78 is 2.36. The topological polar surface area (TPSA) is 30.0 Å². The van der Waals surface area contributed by atoms with Gasteiger partial charge in [0.2, 0.25) is 5.78 Å². The van der Waals surface area contributed by atoms with E-state index in [9.17, 15) is 4.79 Å². The van der Waals surface area contributed by atoms with Crippen LogP contribution in [-0.2, 0) is 0 Å². The molecule has 0 amide bonds. The predicted octanol–water partition coefficient (Wildman–Crippen LogP) is 3.90. The van der Waals surface area contributed by atoms with Gasteiger partial charge in [0, 0.05) is 26.9 Å². The van der Waals surface area contributed by atoms with Crippen LogP contribution in [0.15, 0.2) is 35.8 Å². The van der Waals surface area contributed by atoms with Crippen molar-refractivity contribution in [2.24, 2.45) is 0 Å². The van der Waals surface area contributed by atoms with Crippen molar-refractivity contribution in [2.45, 2.75) is 6.92 Å². The number of carbonyl (C=O) groups excluding carboxylic acids is 1. The summed E-state index contributed by atoms with van der Waals surface area (Å²) in [5.41, 5.74) is 1.58. The van der Waals surface area contributed by atoms with Crippen LogP contribution in [0.25, 0.3) is 9.40 Å². The first-order valence-corrected chi connectivity index (χ1v) is 6.88. The largest absolute Gasteiger partial charge is 0.288 e. The summed E-state index contributed by atoms with van der Waals surface area (Å²) in [6.45, 7) is 1.91. The average molecular weight is 259 g/mol. The summed E-state index contributed by atoms with van der Waals surface area (Å²) in [5, 5.41) is 2.04. The zero-order chi connectivity index (χ0) is 11.8. The van der Waals surface area contributed by atoms with E-state index in [1.807, 2.05) is 30.5 Å². The molecule has 0 spiro atoms. The van der Waals surface area contributed by atoms with E-state index in [2.05, 4.69) is 11.1 Å².